The molecule has 1 heterocycles. The van der Waals surface area contributed by atoms with Crippen LogP contribution in [0.4, 0.5) is 5.13 Å². The summed E-state index contributed by atoms with van der Waals surface area (Å²) in [5, 5.41) is 3.77. The van der Waals surface area contributed by atoms with Gasteiger partial charge in [-0.25, -0.2) is 4.98 Å². The number of anilines is 1. The van der Waals surface area contributed by atoms with Crippen LogP contribution >= 0.6 is 33.9 Å². The minimum absolute atomic E-state index is 0.0715. The zero-order chi connectivity index (χ0) is 17.9. The second-order valence-corrected chi connectivity index (χ2v) is 10.2. The van der Waals surface area contributed by atoms with Crippen LogP contribution in [0.2, 0.25) is 0 Å². The van der Waals surface area contributed by atoms with Crippen molar-refractivity contribution in [2.75, 3.05) is 5.32 Å². The maximum absolute atomic E-state index is 13.4. The number of carbonyl (C=O) groups is 1. The molecule has 5 heteroatoms. The highest BCUT2D eigenvalue weighted by atomic mass is 127. The number of fused-ring (bicyclic) bond motifs is 1. The Bertz CT molecular complexity index is 983. The van der Waals surface area contributed by atoms with Crippen LogP contribution in [-0.2, 0) is 4.79 Å². The molecule has 0 saturated heterocycles. The van der Waals surface area contributed by atoms with E-state index in [0.29, 0.717) is 5.13 Å². The Hall–Kier alpha value is -1.73. The zero-order valence-electron chi connectivity index (χ0n) is 14.2. The summed E-state index contributed by atoms with van der Waals surface area (Å²) in [6.07, 6.45) is 2.63. The first kappa shape index (κ1) is 16.4. The molecule has 1 unspecified atom stereocenters. The molecule has 3 aliphatic rings. The van der Waals surface area contributed by atoms with Crippen LogP contribution in [0.15, 0.2) is 54.7 Å². The van der Waals surface area contributed by atoms with Crippen LogP contribution in [0, 0.1) is 8.30 Å². The molecule has 26 heavy (non-hydrogen) atoms. The number of benzene rings is 2. The third-order valence-corrected chi connectivity index (χ3v) is 7.49. The van der Waals surface area contributed by atoms with Crippen molar-refractivity contribution in [3.8, 4) is 0 Å². The van der Waals surface area contributed by atoms with E-state index in [0.717, 1.165) is 9.30 Å². The molecule has 1 aromatic heterocycles. The van der Waals surface area contributed by atoms with Crippen molar-refractivity contribution in [2.24, 2.45) is 5.41 Å². The predicted octanol–water partition coefficient (Wildman–Crippen LogP) is 5.37. The summed E-state index contributed by atoms with van der Waals surface area (Å²) in [5.74, 6) is 0.431. The lowest BCUT2D eigenvalue weighted by atomic mass is 9.52. The van der Waals surface area contributed by atoms with Crippen molar-refractivity contribution in [2.45, 2.75) is 25.2 Å². The van der Waals surface area contributed by atoms with Crippen LogP contribution in [-0.4, -0.2) is 10.9 Å². The van der Waals surface area contributed by atoms with Gasteiger partial charge >= 0.3 is 0 Å². The van der Waals surface area contributed by atoms with E-state index in [4.69, 9.17) is 0 Å². The van der Waals surface area contributed by atoms with Crippen LogP contribution < -0.4 is 5.32 Å². The summed E-state index contributed by atoms with van der Waals surface area (Å²) in [7, 11) is 0. The maximum atomic E-state index is 13.4. The molecular weight excluding hydrogens is 455 g/mol. The number of hydrogen-bond donors (Lipinski definition) is 1. The molecule has 0 aliphatic heterocycles. The number of hydrogen-bond acceptors (Lipinski definition) is 3. The highest BCUT2D eigenvalue weighted by Gasteiger charge is 2.53. The quantitative estimate of drug-likeness (QED) is 0.510. The molecule has 1 atom stereocenters. The van der Waals surface area contributed by atoms with Crippen molar-refractivity contribution in [3.63, 3.8) is 0 Å². The molecule has 3 aromatic rings. The Labute approximate surface area is 170 Å². The highest BCUT2D eigenvalue weighted by molar-refractivity contribution is 14.1. The Morgan fingerprint density at radius 3 is 2.23 bits per heavy atom. The van der Waals surface area contributed by atoms with Gasteiger partial charge in [0.1, 0.15) is 0 Å². The van der Waals surface area contributed by atoms with Crippen LogP contribution in [0.5, 0.6) is 0 Å². The molecule has 3 aliphatic carbocycles. The number of carbonyl (C=O) groups excluding carboxylic acids is 1. The molecule has 6 rings (SSSR count). The van der Waals surface area contributed by atoms with Crippen molar-refractivity contribution in [1.29, 1.82) is 0 Å². The summed E-state index contributed by atoms with van der Waals surface area (Å²) >= 11 is 3.74. The molecule has 2 bridgehead atoms. The normalized spacial score (nSPS) is 25.5. The van der Waals surface area contributed by atoms with Crippen molar-refractivity contribution in [1.82, 2.24) is 4.98 Å². The number of rotatable bonds is 2. The lowest BCUT2D eigenvalue weighted by Crippen LogP contribution is -2.47. The third-order valence-electron chi connectivity index (χ3n) is 5.85. The van der Waals surface area contributed by atoms with Gasteiger partial charge in [0.2, 0.25) is 5.91 Å². The molecule has 3 nitrogen and oxygen atoms in total. The molecule has 1 amide bonds. The summed E-state index contributed by atoms with van der Waals surface area (Å²) < 4.78 is 1.07. The van der Waals surface area contributed by atoms with E-state index >= 15 is 0 Å². The summed E-state index contributed by atoms with van der Waals surface area (Å²) in [6.45, 7) is 2.12. The van der Waals surface area contributed by atoms with E-state index in [9.17, 15) is 4.79 Å². The lowest BCUT2D eigenvalue weighted by molar-refractivity contribution is -0.126. The minimum atomic E-state index is -0.482. The highest BCUT2D eigenvalue weighted by Crippen LogP contribution is 2.61. The standard InChI is InChI=1S/C21H17IN2OS/c1-21(19(25)24-20-23-11-17(22)26-20)10-16-12-6-2-4-8-14(12)18(21)15-9-5-3-7-13(15)16/h2-9,11,16,18H,10H2,1H3,(H,23,24,25). The second-order valence-electron chi connectivity index (χ2n) is 7.29. The van der Waals surface area contributed by atoms with Crippen LogP contribution in [0.3, 0.4) is 0 Å². The number of nitrogens with zero attached hydrogens (tertiary/aromatic N) is 1. The van der Waals surface area contributed by atoms with E-state index in [-0.39, 0.29) is 17.7 Å². The van der Waals surface area contributed by atoms with Crippen molar-refractivity contribution < 1.29 is 4.79 Å². The molecule has 0 radical (unpaired) electrons. The molecule has 0 saturated carbocycles. The molecule has 130 valence electrons. The van der Waals surface area contributed by atoms with Gasteiger partial charge in [0.25, 0.3) is 0 Å². The third kappa shape index (κ3) is 2.29. The van der Waals surface area contributed by atoms with Crippen LogP contribution in [0.25, 0.3) is 0 Å². The molecule has 0 spiro atoms. The predicted molar refractivity (Wildman–Crippen MR) is 113 cm³/mol. The monoisotopic (exact) mass is 472 g/mol. The number of thiazole rings is 1. The Morgan fingerprint density at radius 1 is 1.12 bits per heavy atom. The fraction of sp³-hybridized carbons (Fsp3) is 0.238. The van der Waals surface area contributed by atoms with Gasteiger partial charge in [0.15, 0.2) is 5.13 Å². The smallest absolute Gasteiger partial charge is 0.233 e. The van der Waals surface area contributed by atoms with E-state index in [2.05, 4.69) is 88.3 Å². The molecular formula is C21H17IN2OS. The van der Waals surface area contributed by atoms with Gasteiger partial charge in [0.05, 0.1) is 14.5 Å². The zero-order valence-corrected chi connectivity index (χ0v) is 17.2. The minimum Gasteiger partial charge on any atom is -0.301 e. The van der Waals surface area contributed by atoms with E-state index < -0.39 is 5.41 Å². The van der Waals surface area contributed by atoms with Crippen molar-refractivity contribution >= 4 is 45.0 Å². The van der Waals surface area contributed by atoms with Gasteiger partial charge in [-0.15, -0.1) is 0 Å². The van der Waals surface area contributed by atoms with Crippen molar-refractivity contribution in [3.05, 3.63) is 79.9 Å². The average Bonchev–Trinajstić information content (AvgIpc) is 3.06. The number of aromatic nitrogens is 1. The van der Waals surface area contributed by atoms with Gasteiger partial charge in [-0.1, -0.05) is 59.9 Å². The summed E-state index contributed by atoms with van der Waals surface area (Å²) in [4.78, 5) is 17.7. The SMILES string of the molecule is CC1(C(=O)Nc2ncc(I)s2)CC2c3ccccc3C1c1ccccc12. The van der Waals surface area contributed by atoms with Gasteiger partial charge in [0, 0.05) is 11.8 Å². The maximum Gasteiger partial charge on any atom is 0.233 e. The van der Waals surface area contributed by atoms with E-state index in [1.54, 1.807) is 6.20 Å². The van der Waals surface area contributed by atoms with Gasteiger partial charge in [-0.3, -0.25) is 4.79 Å². The average molecular weight is 472 g/mol. The molecule has 1 N–H and O–H groups in total. The lowest BCUT2D eigenvalue weighted by Gasteiger charge is -2.50. The van der Waals surface area contributed by atoms with E-state index in [1.165, 1.54) is 33.6 Å². The van der Waals surface area contributed by atoms with Gasteiger partial charge in [-0.2, -0.15) is 0 Å². The van der Waals surface area contributed by atoms with Crippen LogP contribution in [0.1, 0.15) is 47.4 Å². The Kier molecular flexibility index (Phi) is 3.72. The summed E-state index contributed by atoms with van der Waals surface area (Å²) in [5.41, 5.74) is 4.88. The fourth-order valence-corrected chi connectivity index (χ4v) is 6.05. The second kappa shape index (κ2) is 5.89. The first-order chi connectivity index (χ1) is 12.6. The first-order valence-corrected chi connectivity index (χ1v) is 10.6. The molecule has 2 aromatic carbocycles. The Morgan fingerprint density at radius 2 is 1.69 bits per heavy atom. The molecule has 0 fully saturated rings. The Balaban J connectivity index is 1.62. The van der Waals surface area contributed by atoms with Gasteiger partial charge in [-0.05, 0) is 58.2 Å². The number of amides is 1. The largest absolute Gasteiger partial charge is 0.301 e. The van der Waals surface area contributed by atoms with Gasteiger partial charge < -0.3 is 5.32 Å². The first-order valence-electron chi connectivity index (χ1n) is 8.68. The topological polar surface area (TPSA) is 42.0 Å². The number of halogens is 1. The van der Waals surface area contributed by atoms with E-state index in [1.807, 2.05) is 0 Å². The fourth-order valence-electron chi connectivity index (χ4n) is 4.74. The number of nitrogens with one attached hydrogen (secondary N) is 1. The summed E-state index contributed by atoms with van der Waals surface area (Å²) in [6, 6.07) is 17.2.